The Balaban J connectivity index is 2.64. The Morgan fingerprint density at radius 3 is 2.48 bits per heavy atom. The fourth-order valence-corrected chi connectivity index (χ4v) is 3.26. The van der Waals surface area contributed by atoms with Crippen LogP contribution < -0.4 is 0 Å². The van der Waals surface area contributed by atoms with E-state index >= 15 is 0 Å². The Hall–Kier alpha value is -1.16. The second-order valence-corrected chi connectivity index (χ2v) is 6.09. The first kappa shape index (κ1) is 17.9. The third-order valence-electron chi connectivity index (χ3n) is 4.41. The smallest absolute Gasteiger partial charge is 0.304 e. The lowest BCUT2D eigenvalue weighted by Crippen LogP contribution is -2.20. The average molecular weight is 296 g/mol. The minimum Gasteiger partial charge on any atom is -0.481 e. The molecule has 0 aromatic carbocycles. The summed E-state index contributed by atoms with van der Waals surface area (Å²) in [6.07, 6.45) is 8.28. The summed E-state index contributed by atoms with van der Waals surface area (Å²) in [6.45, 7) is 4.22. The van der Waals surface area contributed by atoms with Gasteiger partial charge in [-0.1, -0.05) is 38.8 Å². The zero-order valence-electron chi connectivity index (χ0n) is 13.1. The summed E-state index contributed by atoms with van der Waals surface area (Å²) in [7, 11) is 0. The van der Waals surface area contributed by atoms with Crippen molar-refractivity contribution >= 4 is 11.8 Å². The van der Waals surface area contributed by atoms with E-state index in [9.17, 15) is 14.7 Å². The number of carbonyl (C=O) groups is 2. The van der Waals surface area contributed by atoms with Crippen LogP contribution in [0.1, 0.15) is 58.8 Å². The maximum Gasteiger partial charge on any atom is 0.304 e. The number of hydrogen-bond acceptors (Lipinski definition) is 3. The number of carboxylic acid groups (broad SMARTS) is 1. The van der Waals surface area contributed by atoms with E-state index in [2.05, 4.69) is 13.8 Å². The Bertz CT molecular complexity index is 369. The number of ketones is 1. The Kier molecular flexibility index (Phi) is 7.65. The van der Waals surface area contributed by atoms with E-state index in [1.807, 2.05) is 6.08 Å². The highest BCUT2D eigenvalue weighted by Gasteiger charge is 2.34. The van der Waals surface area contributed by atoms with Crippen LogP contribution in [0.4, 0.5) is 0 Å². The van der Waals surface area contributed by atoms with Crippen molar-refractivity contribution in [3.05, 3.63) is 12.2 Å². The van der Waals surface area contributed by atoms with E-state index in [0.717, 1.165) is 25.7 Å². The van der Waals surface area contributed by atoms with Crippen molar-refractivity contribution in [3.8, 4) is 0 Å². The summed E-state index contributed by atoms with van der Waals surface area (Å²) in [5.74, 6) is -1.08. The molecular formula is C17H28O4. The number of hydrogen-bond donors (Lipinski definition) is 2. The molecule has 4 heteroatoms. The first-order chi connectivity index (χ1) is 9.99. The summed E-state index contributed by atoms with van der Waals surface area (Å²) in [4.78, 5) is 22.6. The number of aliphatic hydroxyl groups is 1. The van der Waals surface area contributed by atoms with Crippen LogP contribution in [0, 0.1) is 17.8 Å². The first-order valence-corrected chi connectivity index (χ1v) is 8.10. The van der Waals surface area contributed by atoms with Crippen molar-refractivity contribution in [1.82, 2.24) is 0 Å². The Labute approximate surface area is 127 Å². The number of carbonyl (C=O) groups excluding carboxylic acids is 1. The first-order valence-electron chi connectivity index (χ1n) is 8.10. The number of aliphatic carboxylic acids is 1. The predicted molar refractivity (Wildman–Crippen MR) is 81.9 cm³/mol. The van der Waals surface area contributed by atoms with Gasteiger partial charge in [-0.3, -0.25) is 9.59 Å². The Morgan fingerprint density at radius 2 is 1.95 bits per heavy atom. The monoisotopic (exact) mass is 296 g/mol. The molecule has 1 rings (SSSR count). The summed E-state index contributed by atoms with van der Waals surface area (Å²) >= 11 is 0. The van der Waals surface area contributed by atoms with Crippen LogP contribution in [0.3, 0.4) is 0 Å². The molecule has 0 heterocycles. The molecule has 1 saturated carbocycles. The van der Waals surface area contributed by atoms with Gasteiger partial charge < -0.3 is 10.2 Å². The van der Waals surface area contributed by atoms with Crippen LogP contribution in [0.15, 0.2) is 12.2 Å². The average Bonchev–Trinajstić information content (AvgIpc) is 2.76. The fraction of sp³-hybridized carbons (Fsp3) is 0.765. The SMILES string of the molecule is CCCC(CCC)C(O)C=C[C@@H]1CCC(=O)[C@H]1CC(=O)O. The fourth-order valence-electron chi connectivity index (χ4n) is 3.26. The maximum absolute atomic E-state index is 11.7. The van der Waals surface area contributed by atoms with E-state index in [4.69, 9.17) is 5.11 Å². The number of rotatable bonds is 9. The molecular weight excluding hydrogens is 268 g/mol. The summed E-state index contributed by atoms with van der Waals surface area (Å²) in [5.41, 5.74) is 0. The van der Waals surface area contributed by atoms with Crippen molar-refractivity contribution in [2.75, 3.05) is 0 Å². The number of Topliss-reactive ketones (excluding diaryl/α,β-unsaturated/α-hetero) is 1. The molecule has 0 amide bonds. The molecule has 0 aliphatic heterocycles. The minimum absolute atomic E-state index is 0.0350. The van der Waals surface area contributed by atoms with Crippen molar-refractivity contribution in [1.29, 1.82) is 0 Å². The van der Waals surface area contributed by atoms with Gasteiger partial charge in [-0.15, -0.1) is 0 Å². The molecule has 1 aliphatic rings. The summed E-state index contributed by atoms with van der Waals surface area (Å²) in [5, 5.41) is 19.2. The van der Waals surface area contributed by atoms with E-state index in [-0.39, 0.29) is 24.0 Å². The maximum atomic E-state index is 11.7. The molecule has 1 unspecified atom stereocenters. The van der Waals surface area contributed by atoms with E-state index in [0.29, 0.717) is 12.8 Å². The molecule has 2 N–H and O–H groups in total. The van der Waals surface area contributed by atoms with E-state index in [1.165, 1.54) is 0 Å². The molecule has 1 aliphatic carbocycles. The van der Waals surface area contributed by atoms with Gasteiger partial charge in [-0.25, -0.2) is 0 Å². The van der Waals surface area contributed by atoms with Gasteiger partial charge in [0.2, 0.25) is 0 Å². The second-order valence-electron chi connectivity index (χ2n) is 6.09. The predicted octanol–water partition coefficient (Wildman–Crippen LogP) is 3.19. The molecule has 1 fully saturated rings. The summed E-state index contributed by atoms with van der Waals surface area (Å²) in [6, 6.07) is 0. The molecule has 0 aromatic rings. The molecule has 120 valence electrons. The largest absolute Gasteiger partial charge is 0.481 e. The minimum atomic E-state index is -0.927. The summed E-state index contributed by atoms with van der Waals surface area (Å²) < 4.78 is 0. The van der Waals surface area contributed by atoms with Gasteiger partial charge in [0.25, 0.3) is 0 Å². The standard InChI is InChI=1S/C17H28O4/c1-3-5-13(6-4-2)15(18)9-7-12-8-10-16(19)14(12)11-17(20)21/h7,9,12-15,18H,3-6,8,10-11H2,1-2H3,(H,20,21)/t12-,14+,15?/m1/s1. The molecule has 21 heavy (non-hydrogen) atoms. The van der Waals surface area contributed by atoms with Crippen molar-refractivity contribution in [2.24, 2.45) is 17.8 Å². The van der Waals surface area contributed by atoms with Crippen molar-refractivity contribution in [3.63, 3.8) is 0 Å². The van der Waals surface area contributed by atoms with Crippen LogP contribution in [0.2, 0.25) is 0 Å². The van der Waals surface area contributed by atoms with Crippen molar-refractivity contribution in [2.45, 2.75) is 64.9 Å². The van der Waals surface area contributed by atoms with Gasteiger partial charge in [-0.2, -0.15) is 0 Å². The third kappa shape index (κ3) is 5.62. The molecule has 0 bridgehead atoms. The van der Waals surface area contributed by atoms with E-state index in [1.54, 1.807) is 6.08 Å². The van der Waals surface area contributed by atoms with Gasteiger partial charge in [0, 0.05) is 12.3 Å². The molecule has 0 radical (unpaired) electrons. The van der Waals surface area contributed by atoms with Gasteiger partial charge in [0.1, 0.15) is 5.78 Å². The van der Waals surface area contributed by atoms with Crippen LogP contribution in [0.5, 0.6) is 0 Å². The highest BCUT2D eigenvalue weighted by molar-refractivity contribution is 5.87. The lowest BCUT2D eigenvalue weighted by Gasteiger charge is -2.20. The van der Waals surface area contributed by atoms with Gasteiger partial charge in [0.05, 0.1) is 12.5 Å². The number of aliphatic hydroxyl groups excluding tert-OH is 1. The highest BCUT2D eigenvalue weighted by Crippen LogP contribution is 2.33. The second kappa shape index (κ2) is 8.98. The van der Waals surface area contributed by atoms with Crippen molar-refractivity contribution < 1.29 is 19.8 Å². The molecule has 4 nitrogen and oxygen atoms in total. The number of carboxylic acids is 1. The third-order valence-corrected chi connectivity index (χ3v) is 4.41. The molecule has 0 saturated heterocycles. The zero-order valence-corrected chi connectivity index (χ0v) is 13.1. The Morgan fingerprint density at radius 1 is 1.33 bits per heavy atom. The lowest BCUT2D eigenvalue weighted by atomic mass is 9.88. The highest BCUT2D eigenvalue weighted by atomic mass is 16.4. The quantitative estimate of drug-likeness (QED) is 0.641. The lowest BCUT2D eigenvalue weighted by molar-refractivity contribution is -0.140. The van der Waals surface area contributed by atoms with E-state index < -0.39 is 18.0 Å². The van der Waals surface area contributed by atoms with Crippen LogP contribution in [-0.4, -0.2) is 28.1 Å². The topological polar surface area (TPSA) is 74.6 Å². The van der Waals surface area contributed by atoms with Crippen LogP contribution in [0.25, 0.3) is 0 Å². The molecule has 0 spiro atoms. The van der Waals surface area contributed by atoms with Crippen LogP contribution >= 0.6 is 0 Å². The van der Waals surface area contributed by atoms with Gasteiger partial charge in [0.15, 0.2) is 0 Å². The molecule has 3 atom stereocenters. The van der Waals surface area contributed by atoms with Gasteiger partial charge >= 0.3 is 5.97 Å². The normalized spacial score (nSPS) is 24.1. The van der Waals surface area contributed by atoms with Crippen LogP contribution in [-0.2, 0) is 9.59 Å². The molecule has 0 aromatic heterocycles. The van der Waals surface area contributed by atoms with Gasteiger partial charge in [-0.05, 0) is 31.1 Å². The number of allylic oxidation sites excluding steroid dienone is 1. The zero-order chi connectivity index (χ0) is 15.8.